The number of carbonyl (C=O) groups is 2. The lowest BCUT2D eigenvalue weighted by Crippen LogP contribution is -2.15. The fourth-order valence-electron chi connectivity index (χ4n) is 3.03. The molecule has 0 radical (unpaired) electrons. The number of hydrogen-bond donors (Lipinski definition) is 2. The van der Waals surface area contributed by atoms with Crippen LogP contribution in [0.3, 0.4) is 0 Å². The number of carbonyl (C=O) groups excluding carboxylic acids is 2. The minimum Gasteiger partial charge on any atom is -0.326 e. The average Bonchev–Trinajstić information content (AvgIpc) is 2.75. The summed E-state index contributed by atoms with van der Waals surface area (Å²) < 4.78 is 0. The molecule has 0 saturated heterocycles. The van der Waals surface area contributed by atoms with Gasteiger partial charge in [0.2, 0.25) is 5.91 Å². The van der Waals surface area contributed by atoms with Gasteiger partial charge in [-0.2, -0.15) is 0 Å². The molecule has 2 N–H and O–H groups in total. The van der Waals surface area contributed by atoms with E-state index in [9.17, 15) is 9.59 Å². The normalized spacial score (nSPS) is 11.5. The Morgan fingerprint density at radius 1 is 0.793 bits per heavy atom. The van der Waals surface area contributed by atoms with Crippen molar-refractivity contribution >= 4 is 23.2 Å². The van der Waals surface area contributed by atoms with E-state index in [1.165, 1.54) is 5.56 Å². The second kappa shape index (κ2) is 9.69. The lowest BCUT2D eigenvalue weighted by atomic mass is 9.98. The molecule has 1 unspecified atom stereocenters. The van der Waals surface area contributed by atoms with Gasteiger partial charge in [-0.05, 0) is 59.9 Å². The standard InChI is InChI=1S/C25H26N2O2/c1-3-18(2)20-9-13-23(14-10-20)27-25(29)21-11-15-22(16-12-21)26-24(28)17-19-7-5-4-6-8-19/h4-16,18H,3,17H2,1-2H3,(H,26,28)(H,27,29). The molecule has 0 bridgehead atoms. The van der Waals surface area contributed by atoms with Gasteiger partial charge in [-0.1, -0.05) is 56.3 Å². The molecule has 0 spiro atoms. The van der Waals surface area contributed by atoms with Crippen molar-refractivity contribution in [1.29, 1.82) is 0 Å². The fraction of sp³-hybridized carbons (Fsp3) is 0.200. The first-order chi connectivity index (χ1) is 14.0. The summed E-state index contributed by atoms with van der Waals surface area (Å²) in [7, 11) is 0. The lowest BCUT2D eigenvalue weighted by Gasteiger charge is -2.11. The maximum atomic E-state index is 12.5. The van der Waals surface area contributed by atoms with Crippen molar-refractivity contribution in [1.82, 2.24) is 0 Å². The van der Waals surface area contributed by atoms with E-state index in [1.54, 1.807) is 24.3 Å². The van der Waals surface area contributed by atoms with E-state index >= 15 is 0 Å². The summed E-state index contributed by atoms with van der Waals surface area (Å²) in [6, 6.07) is 24.4. The number of amides is 2. The zero-order valence-electron chi connectivity index (χ0n) is 16.8. The van der Waals surface area contributed by atoms with Crippen LogP contribution >= 0.6 is 0 Å². The van der Waals surface area contributed by atoms with Crippen LogP contribution in [0.5, 0.6) is 0 Å². The summed E-state index contributed by atoms with van der Waals surface area (Å²) in [6.07, 6.45) is 1.40. The highest BCUT2D eigenvalue weighted by molar-refractivity contribution is 6.04. The quantitative estimate of drug-likeness (QED) is 0.552. The molecular weight excluding hydrogens is 360 g/mol. The highest BCUT2D eigenvalue weighted by Crippen LogP contribution is 2.21. The van der Waals surface area contributed by atoms with Crippen LogP contribution in [0.2, 0.25) is 0 Å². The Morgan fingerprint density at radius 3 is 2.00 bits per heavy atom. The van der Waals surface area contributed by atoms with Crippen molar-refractivity contribution in [2.75, 3.05) is 10.6 Å². The summed E-state index contributed by atoms with van der Waals surface area (Å²) in [6.45, 7) is 4.35. The minimum absolute atomic E-state index is 0.0881. The van der Waals surface area contributed by atoms with Crippen LogP contribution in [-0.2, 0) is 11.2 Å². The van der Waals surface area contributed by atoms with Crippen molar-refractivity contribution in [3.63, 3.8) is 0 Å². The van der Waals surface area contributed by atoms with Gasteiger partial charge in [-0.25, -0.2) is 0 Å². The van der Waals surface area contributed by atoms with Crippen molar-refractivity contribution in [3.05, 3.63) is 95.6 Å². The van der Waals surface area contributed by atoms with E-state index in [0.29, 0.717) is 23.6 Å². The molecule has 4 heteroatoms. The Morgan fingerprint density at radius 2 is 1.38 bits per heavy atom. The lowest BCUT2D eigenvalue weighted by molar-refractivity contribution is -0.115. The zero-order valence-corrected chi connectivity index (χ0v) is 16.8. The first kappa shape index (κ1) is 20.3. The van der Waals surface area contributed by atoms with E-state index in [4.69, 9.17) is 0 Å². The molecule has 0 heterocycles. The van der Waals surface area contributed by atoms with E-state index in [-0.39, 0.29) is 11.8 Å². The largest absolute Gasteiger partial charge is 0.326 e. The van der Waals surface area contributed by atoms with Crippen LogP contribution in [0, 0.1) is 0 Å². The summed E-state index contributed by atoms with van der Waals surface area (Å²) in [5, 5.41) is 5.77. The highest BCUT2D eigenvalue weighted by Gasteiger charge is 2.09. The molecule has 29 heavy (non-hydrogen) atoms. The molecule has 0 aliphatic heterocycles. The van der Waals surface area contributed by atoms with Gasteiger partial charge in [0.25, 0.3) is 5.91 Å². The van der Waals surface area contributed by atoms with Crippen LogP contribution < -0.4 is 10.6 Å². The summed E-state index contributed by atoms with van der Waals surface area (Å²) in [4.78, 5) is 24.6. The molecule has 0 aromatic heterocycles. The molecule has 0 aliphatic carbocycles. The average molecular weight is 386 g/mol. The second-order valence-electron chi connectivity index (χ2n) is 7.17. The van der Waals surface area contributed by atoms with Gasteiger partial charge < -0.3 is 10.6 Å². The Bertz CT molecular complexity index is 948. The summed E-state index contributed by atoms with van der Waals surface area (Å²) >= 11 is 0. The van der Waals surface area contributed by atoms with E-state index in [1.807, 2.05) is 42.5 Å². The van der Waals surface area contributed by atoms with Crippen LogP contribution in [0.1, 0.15) is 47.7 Å². The Balaban J connectivity index is 1.56. The van der Waals surface area contributed by atoms with Crippen molar-refractivity contribution in [2.24, 2.45) is 0 Å². The maximum absolute atomic E-state index is 12.5. The van der Waals surface area contributed by atoms with Crippen LogP contribution in [0.4, 0.5) is 11.4 Å². The van der Waals surface area contributed by atoms with E-state index < -0.39 is 0 Å². The monoisotopic (exact) mass is 386 g/mol. The summed E-state index contributed by atoms with van der Waals surface area (Å²) in [5.74, 6) is 0.239. The predicted octanol–water partition coefficient (Wildman–Crippen LogP) is 5.63. The second-order valence-corrected chi connectivity index (χ2v) is 7.17. The van der Waals surface area contributed by atoms with Crippen molar-refractivity contribution < 1.29 is 9.59 Å². The van der Waals surface area contributed by atoms with Gasteiger partial charge in [0.15, 0.2) is 0 Å². The molecule has 0 aliphatic rings. The molecule has 0 fully saturated rings. The number of hydrogen-bond acceptors (Lipinski definition) is 2. The smallest absolute Gasteiger partial charge is 0.255 e. The van der Waals surface area contributed by atoms with Gasteiger partial charge in [-0.15, -0.1) is 0 Å². The highest BCUT2D eigenvalue weighted by atomic mass is 16.2. The molecule has 3 aromatic carbocycles. The number of rotatable bonds is 7. The SMILES string of the molecule is CCC(C)c1ccc(NC(=O)c2ccc(NC(=O)Cc3ccccc3)cc2)cc1. The van der Waals surface area contributed by atoms with Gasteiger partial charge in [-0.3, -0.25) is 9.59 Å². The topological polar surface area (TPSA) is 58.2 Å². The predicted molar refractivity (Wildman–Crippen MR) is 118 cm³/mol. The third-order valence-corrected chi connectivity index (χ3v) is 4.99. The van der Waals surface area contributed by atoms with Gasteiger partial charge in [0.05, 0.1) is 6.42 Å². The third-order valence-electron chi connectivity index (χ3n) is 4.99. The fourth-order valence-corrected chi connectivity index (χ4v) is 3.03. The number of nitrogens with one attached hydrogen (secondary N) is 2. The van der Waals surface area contributed by atoms with Crippen LogP contribution in [0.25, 0.3) is 0 Å². The maximum Gasteiger partial charge on any atom is 0.255 e. The first-order valence-corrected chi connectivity index (χ1v) is 9.90. The van der Waals surface area contributed by atoms with Crippen molar-refractivity contribution in [3.8, 4) is 0 Å². The van der Waals surface area contributed by atoms with Crippen LogP contribution in [0.15, 0.2) is 78.9 Å². The minimum atomic E-state index is -0.177. The third kappa shape index (κ3) is 5.79. The Kier molecular flexibility index (Phi) is 6.80. The molecule has 3 rings (SSSR count). The van der Waals surface area contributed by atoms with Crippen LogP contribution in [-0.4, -0.2) is 11.8 Å². The van der Waals surface area contributed by atoms with E-state index in [0.717, 1.165) is 17.7 Å². The van der Waals surface area contributed by atoms with Crippen molar-refractivity contribution in [2.45, 2.75) is 32.6 Å². The molecule has 148 valence electrons. The Labute approximate surface area is 172 Å². The zero-order chi connectivity index (χ0) is 20.6. The van der Waals surface area contributed by atoms with Gasteiger partial charge in [0.1, 0.15) is 0 Å². The molecule has 0 saturated carbocycles. The molecule has 1 atom stereocenters. The molecular formula is C25H26N2O2. The molecule has 3 aromatic rings. The molecule has 4 nitrogen and oxygen atoms in total. The van der Waals surface area contributed by atoms with Gasteiger partial charge >= 0.3 is 0 Å². The number of benzene rings is 3. The Hall–Kier alpha value is -3.40. The van der Waals surface area contributed by atoms with Gasteiger partial charge in [0, 0.05) is 16.9 Å². The molecule has 2 amide bonds. The summed E-state index contributed by atoms with van der Waals surface area (Å²) in [5.41, 5.74) is 4.20. The van der Waals surface area contributed by atoms with E-state index in [2.05, 4.69) is 36.6 Å². The first-order valence-electron chi connectivity index (χ1n) is 9.90. The number of anilines is 2.